The van der Waals surface area contributed by atoms with Crippen LogP contribution in [0.25, 0.3) is 0 Å². The summed E-state index contributed by atoms with van der Waals surface area (Å²) in [6.07, 6.45) is 5.77. The minimum atomic E-state index is -0.165. The van der Waals surface area contributed by atoms with Gasteiger partial charge in [-0.25, -0.2) is 0 Å². The Kier molecular flexibility index (Phi) is 6.75. The van der Waals surface area contributed by atoms with Crippen LogP contribution in [0.2, 0.25) is 0 Å². The lowest BCUT2D eigenvalue weighted by Gasteiger charge is -2.38. The van der Waals surface area contributed by atoms with E-state index in [2.05, 4.69) is 15.1 Å². The highest BCUT2D eigenvalue weighted by molar-refractivity contribution is 6.04. The summed E-state index contributed by atoms with van der Waals surface area (Å²) in [5.41, 5.74) is 2.43. The van der Waals surface area contributed by atoms with E-state index in [1.54, 1.807) is 25.3 Å². The van der Waals surface area contributed by atoms with Gasteiger partial charge in [0, 0.05) is 49.0 Å². The number of methoxy groups -OCH3 is 1. The summed E-state index contributed by atoms with van der Waals surface area (Å²) in [4.78, 5) is 29.6. The van der Waals surface area contributed by atoms with Crippen LogP contribution < -0.4 is 15.0 Å². The smallest absolute Gasteiger partial charge is 0.255 e. The molecule has 4 rings (SSSR count). The van der Waals surface area contributed by atoms with Crippen LogP contribution in [0.3, 0.4) is 0 Å². The van der Waals surface area contributed by atoms with E-state index in [9.17, 15) is 9.59 Å². The molecule has 0 atom stereocenters. The minimum absolute atomic E-state index is 0.165. The Hall–Kier alpha value is -3.02. The third-order valence-electron chi connectivity index (χ3n) is 6.37. The first kappa shape index (κ1) is 21.2. The number of ether oxygens (including phenoxy) is 1. The second-order valence-electron chi connectivity index (χ2n) is 8.38. The summed E-state index contributed by atoms with van der Waals surface area (Å²) in [6.45, 7) is 3.25. The Bertz CT molecular complexity index is 898. The molecule has 1 heterocycles. The number of amides is 2. The molecule has 0 bridgehead atoms. The zero-order valence-corrected chi connectivity index (χ0v) is 18.2. The molecule has 0 aromatic heterocycles. The van der Waals surface area contributed by atoms with E-state index in [-0.39, 0.29) is 11.8 Å². The van der Waals surface area contributed by atoms with E-state index < -0.39 is 0 Å². The SMILES string of the molecule is COc1cccc(C(=O)Nc2ccc(N3CCN(C(=O)C4CCCCC4)CC3)cc2)c1. The fraction of sp³-hybridized carbons (Fsp3) is 0.440. The van der Waals surface area contributed by atoms with Crippen LogP contribution >= 0.6 is 0 Å². The Morgan fingerprint density at radius 1 is 0.935 bits per heavy atom. The molecule has 2 aliphatic rings. The number of benzene rings is 2. The number of nitrogens with zero attached hydrogens (tertiary/aromatic N) is 2. The van der Waals surface area contributed by atoms with E-state index in [1.165, 1.54) is 19.3 Å². The van der Waals surface area contributed by atoms with E-state index in [4.69, 9.17) is 4.74 Å². The second-order valence-corrected chi connectivity index (χ2v) is 8.38. The molecule has 6 heteroatoms. The molecule has 1 aliphatic heterocycles. The van der Waals surface area contributed by atoms with E-state index in [0.717, 1.165) is 50.4 Å². The topological polar surface area (TPSA) is 61.9 Å². The van der Waals surface area contributed by atoms with Crippen LogP contribution in [-0.4, -0.2) is 50.0 Å². The Morgan fingerprint density at radius 2 is 1.65 bits per heavy atom. The molecule has 6 nitrogen and oxygen atoms in total. The van der Waals surface area contributed by atoms with Gasteiger partial charge in [0.15, 0.2) is 0 Å². The highest BCUT2D eigenvalue weighted by Crippen LogP contribution is 2.27. The summed E-state index contributed by atoms with van der Waals surface area (Å²) in [7, 11) is 1.58. The molecule has 31 heavy (non-hydrogen) atoms. The number of rotatable bonds is 5. The summed E-state index contributed by atoms with van der Waals surface area (Å²) in [5.74, 6) is 1.09. The number of nitrogens with one attached hydrogen (secondary N) is 1. The molecule has 2 fully saturated rings. The average Bonchev–Trinajstić information content (AvgIpc) is 2.85. The Morgan fingerprint density at radius 3 is 2.32 bits per heavy atom. The monoisotopic (exact) mass is 421 g/mol. The lowest BCUT2D eigenvalue weighted by Crippen LogP contribution is -2.50. The maximum absolute atomic E-state index is 12.8. The molecule has 0 unspecified atom stereocenters. The lowest BCUT2D eigenvalue weighted by molar-refractivity contribution is -0.136. The maximum Gasteiger partial charge on any atom is 0.255 e. The Labute approximate surface area is 184 Å². The number of hydrogen-bond donors (Lipinski definition) is 1. The first-order valence-corrected chi connectivity index (χ1v) is 11.2. The summed E-state index contributed by atoms with van der Waals surface area (Å²) < 4.78 is 5.18. The van der Waals surface area contributed by atoms with Crippen LogP contribution in [0.4, 0.5) is 11.4 Å². The lowest BCUT2D eigenvalue weighted by atomic mass is 9.88. The van der Waals surface area contributed by atoms with Crippen molar-refractivity contribution in [1.82, 2.24) is 4.90 Å². The molecule has 0 radical (unpaired) electrons. The highest BCUT2D eigenvalue weighted by Gasteiger charge is 2.28. The van der Waals surface area contributed by atoms with Gasteiger partial charge in [-0.05, 0) is 55.3 Å². The van der Waals surface area contributed by atoms with Gasteiger partial charge < -0.3 is 19.9 Å². The molecule has 2 amide bonds. The van der Waals surface area contributed by atoms with Crippen LogP contribution in [0.15, 0.2) is 48.5 Å². The molecule has 0 spiro atoms. The zero-order valence-electron chi connectivity index (χ0n) is 18.2. The van der Waals surface area contributed by atoms with Crippen molar-refractivity contribution in [3.63, 3.8) is 0 Å². The Balaban J connectivity index is 1.30. The number of carbonyl (C=O) groups excluding carboxylic acids is 2. The fourth-order valence-corrected chi connectivity index (χ4v) is 4.52. The van der Waals surface area contributed by atoms with Gasteiger partial charge in [0.05, 0.1) is 7.11 Å². The zero-order chi connectivity index (χ0) is 21.6. The molecule has 164 valence electrons. The van der Waals surface area contributed by atoms with Gasteiger partial charge in [-0.1, -0.05) is 25.3 Å². The van der Waals surface area contributed by atoms with Gasteiger partial charge in [-0.15, -0.1) is 0 Å². The quantitative estimate of drug-likeness (QED) is 0.787. The summed E-state index contributed by atoms with van der Waals surface area (Å²) in [6, 6.07) is 15.0. The number of anilines is 2. The molecule has 1 saturated heterocycles. The summed E-state index contributed by atoms with van der Waals surface area (Å²) in [5, 5.41) is 2.93. The van der Waals surface area contributed by atoms with Crippen molar-refractivity contribution in [2.24, 2.45) is 5.92 Å². The van der Waals surface area contributed by atoms with Crippen LogP contribution in [0.1, 0.15) is 42.5 Å². The number of carbonyl (C=O) groups is 2. The van der Waals surface area contributed by atoms with Crippen LogP contribution in [0, 0.1) is 5.92 Å². The predicted octanol–water partition coefficient (Wildman–Crippen LogP) is 4.18. The van der Waals surface area contributed by atoms with Gasteiger partial charge in [0.1, 0.15) is 5.75 Å². The van der Waals surface area contributed by atoms with Crippen molar-refractivity contribution < 1.29 is 14.3 Å². The standard InChI is InChI=1S/C25H31N3O3/c1-31-23-9-5-8-20(18-23)24(29)26-21-10-12-22(13-11-21)27-14-16-28(17-15-27)25(30)19-6-3-2-4-7-19/h5,8-13,18-19H,2-4,6-7,14-17H2,1H3,(H,26,29). The van der Waals surface area contributed by atoms with Crippen molar-refractivity contribution >= 4 is 23.2 Å². The van der Waals surface area contributed by atoms with Crippen molar-refractivity contribution in [1.29, 1.82) is 0 Å². The molecule has 2 aromatic rings. The third-order valence-corrected chi connectivity index (χ3v) is 6.37. The van der Waals surface area contributed by atoms with Gasteiger partial charge in [0.25, 0.3) is 5.91 Å². The van der Waals surface area contributed by atoms with Crippen molar-refractivity contribution in [3.05, 3.63) is 54.1 Å². The average molecular weight is 422 g/mol. The van der Waals surface area contributed by atoms with Gasteiger partial charge in [-0.3, -0.25) is 9.59 Å². The molecular formula is C25H31N3O3. The van der Waals surface area contributed by atoms with Crippen LogP contribution in [0.5, 0.6) is 5.75 Å². The predicted molar refractivity (Wildman–Crippen MR) is 123 cm³/mol. The number of piperazine rings is 1. The van der Waals surface area contributed by atoms with E-state index >= 15 is 0 Å². The third kappa shape index (κ3) is 5.19. The number of hydrogen-bond acceptors (Lipinski definition) is 4. The van der Waals surface area contributed by atoms with Gasteiger partial charge in [0.2, 0.25) is 5.91 Å². The largest absolute Gasteiger partial charge is 0.497 e. The van der Waals surface area contributed by atoms with Crippen molar-refractivity contribution in [3.8, 4) is 5.75 Å². The second kappa shape index (κ2) is 9.86. The minimum Gasteiger partial charge on any atom is -0.497 e. The molecule has 2 aromatic carbocycles. The molecule has 1 saturated carbocycles. The first-order valence-electron chi connectivity index (χ1n) is 11.2. The van der Waals surface area contributed by atoms with Crippen molar-refractivity contribution in [2.45, 2.75) is 32.1 Å². The molecular weight excluding hydrogens is 390 g/mol. The van der Waals surface area contributed by atoms with E-state index in [0.29, 0.717) is 17.2 Å². The normalized spacial score (nSPS) is 17.3. The van der Waals surface area contributed by atoms with Crippen molar-refractivity contribution in [2.75, 3.05) is 43.5 Å². The highest BCUT2D eigenvalue weighted by atomic mass is 16.5. The maximum atomic E-state index is 12.8. The van der Waals surface area contributed by atoms with Gasteiger partial charge >= 0.3 is 0 Å². The first-order chi connectivity index (χ1) is 15.1. The van der Waals surface area contributed by atoms with E-state index in [1.807, 2.05) is 30.3 Å². The molecule has 1 aliphatic carbocycles. The molecule has 1 N–H and O–H groups in total. The fourth-order valence-electron chi connectivity index (χ4n) is 4.52. The van der Waals surface area contributed by atoms with Gasteiger partial charge in [-0.2, -0.15) is 0 Å². The summed E-state index contributed by atoms with van der Waals surface area (Å²) >= 11 is 0. The van der Waals surface area contributed by atoms with Crippen LogP contribution in [-0.2, 0) is 4.79 Å².